The second-order valence-corrected chi connectivity index (χ2v) is 12.4. The summed E-state index contributed by atoms with van der Waals surface area (Å²) in [5, 5.41) is 13.7. The van der Waals surface area contributed by atoms with Gasteiger partial charge in [-0.3, -0.25) is 14.5 Å². The van der Waals surface area contributed by atoms with Crippen LogP contribution in [-0.2, 0) is 13.2 Å². The molecule has 1 N–H and O–H groups in total. The highest BCUT2D eigenvalue weighted by Gasteiger charge is 2.07. The van der Waals surface area contributed by atoms with Crippen molar-refractivity contribution in [3.05, 3.63) is 137 Å². The summed E-state index contributed by atoms with van der Waals surface area (Å²) in [4.78, 5) is 16.8. The van der Waals surface area contributed by atoms with E-state index in [1.807, 2.05) is 95.8 Å². The highest BCUT2D eigenvalue weighted by Crippen LogP contribution is 2.28. The summed E-state index contributed by atoms with van der Waals surface area (Å²) in [6.07, 6.45) is 21.0. The number of pyridine rings is 1. The number of hydrogen-bond acceptors (Lipinski definition) is 7. The zero-order valence-electron chi connectivity index (χ0n) is 27.4. The van der Waals surface area contributed by atoms with Gasteiger partial charge in [-0.1, -0.05) is 66.8 Å². The van der Waals surface area contributed by atoms with Gasteiger partial charge < -0.3 is 14.8 Å². The van der Waals surface area contributed by atoms with Crippen molar-refractivity contribution in [1.82, 2.24) is 20.0 Å². The van der Waals surface area contributed by atoms with Gasteiger partial charge in [0.15, 0.2) is 5.78 Å². The van der Waals surface area contributed by atoms with Crippen LogP contribution in [0.3, 0.4) is 0 Å². The largest absolute Gasteiger partial charge is 0.494 e. The molecule has 0 spiro atoms. The average molecular weight is 674 g/mol. The van der Waals surface area contributed by atoms with Crippen LogP contribution in [0, 0.1) is 0 Å². The lowest BCUT2D eigenvalue weighted by Crippen LogP contribution is -2.00. The first-order chi connectivity index (χ1) is 24.1. The summed E-state index contributed by atoms with van der Waals surface area (Å²) in [6.45, 7) is 1.88. The summed E-state index contributed by atoms with van der Waals surface area (Å²) in [5.41, 5.74) is 5.31. The number of benzene rings is 3. The SMILES string of the molecule is O=C(/C=C/C1=CCC=C1)c1ccc(OCCCCCCCCn2cc(COc3ccc(Nc4ccnc5cc(Cl)ccc45)cc3)nn2)cc1. The quantitative estimate of drug-likeness (QED) is 0.0562. The third-order valence-electron chi connectivity index (χ3n) is 8.23. The van der Waals surface area contributed by atoms with E-state index in [4.69, 9.17) is 21.1 Å². The minimum Gasteiger partial charge on any atom is -0.494 e. The number of allylic oxidation sites excluding steroid dienone is 6. The Morgan fingerprint density at radius 2 is 1.67 bits per heavy atom. The summed E-state index contributed by atoms with van der Waals surface area (Å²) < 4.78 is 13.7. The number of nitrogens with zero attached hydrogens (tertiary/aromatic N) is 4. The maximum atomic E-state index is 12.4. The van der Waals surface area contributed by atoms with E-state index in [2.05, 4.69) is 32.8 Å². The number of nitrogens with one attached hydrogen (secondary N) is 1. The van der Waals surface area contributed by atoms with Gasteiger partial charge in [0.1, 0.15) is 23.8 Å². The lowest BCUT2D eigenvalue weighted by atomic mass is 10.1. The van der Waals surface area contributed by atoms with Gasteiger partial charge in [-0.2, -0.15) is 0 Å². The molecule has 0 amide bonds. The van der Waals surface area contributed by atoms with Crippen LogP contribution < -0.4 is 14.8 Å². The molecule has 2 heterocycles. The molecule has 1 aliphatic rings. The molecule has 3 aromatic carbocycles. The molecule has 1 aliphatic carbocycles. The number of fused-ring (bicyclic) bond motifs is 1. The minimum atomic E-state index is 0.000921. The van der Waals surface area contributed by atoms with E-state index in [1.165, 1.54) is 12.8 Å². The molecule has 0 radical (unpaired) electrons. The van der Waals surface area contributed by atoms with Crippen LogP contribution in [-0.4, -0.2) is 32.4 Å². The maximum Gasteiger partial charge on any atom is 0.185 e. The number of anilines is 2. The molecule has 2 aromatic heterocycles. The normalized spacial score (nSPS) is 12.5. The summed E-state index contributed by atoms with van der Waals surface area (Å²) in [7, 11) is 0. The number of carbonyl (C=O) groups is 1. The van der Waals surface area contributed by atoms with Crippen LogP contribution in [0.2, 0.25) is 5.02 Å². The van der Waals surface area contributed by atoms with Gasteiger partial charge in [-0.05, 0) is 104 Å². The van der Waals surface area contributed by atoms with Gasteiger partial charge in [0.25, 0.3) is 0 Å². The van der Waals surface area contributed by atoms with Gasteiger partial charge in [-0.15, -0.1) is 5.10 Å². The maximum absolute atomic E-state index is 12.4. The first-order valence-corrected chi connectivity index (χ1v) is 17.2. The molecule has 9 heteroatoms. The number of carbonyl (C=O) groups excluding carboxylic acids is 1. The van der Waals surface area contributed by atoms with Gasteiger partial charge in [-0.25, -0.2) is 0 Å². The summed E-state index contributed by atoms with van der Waals surface area (Å²) in [5.74, 6) is 1.56. The van der Waals surface area contributed by atoms with E-state index in [9.17, 15) is 4.79 Å². The van der Waals surface area contributed by atoms with Crippen molar-refractivity contribution >= 4 is 39.7 Å². The van der Waals surface area contributed by atoms with Crippen molar-refractivity contribution in [2.24, 2.45) is 0 Å². The topological polar surface area (TPSA) is 91.2 Å². The van der Waals surface area contributed by atoms with Gasteiger partial charge in [0, 0.05) is 40.1 Å². The van der Waals surface area contributed by atoms with Crippen LogP contribution >= 0.6 is 11.6 Å². The zero-order chi connectivity index (χ0) is 33.7. The van der Waals surface area contributed by atoms with Crippen LogP contribution in [0.5, 0.6) is 11.5 Å². The van der Waals surface area contributed by atoms with E-state index in [-0.39, 0.29) is 5.78 Å². The molecule has 49 heavy (non-hydrogen) atoms. The van der Waals surface area contributed by atoms with E-state index < -0.39 is 0 Å². The fraction of sp³-hybridized carbons (Fsp3) is 0.250. The van der Waals surface area contributed by atoms with Crippen molar-refractivity contribution in [3.63, 3.8) is 0 Å². The summed E-state index contributed by atoms with van der Waals surface area (Å²) >= 11 is 6.12. The molecular weight excluding hydrogens is 634 g/mol. The van der Waals surface area contributed by atoms with Crippen LogP contribution in [0.4, 0.5) is 11.4 Å². The van der Waals surface area contributed by atoms with Crippen molar-refractivity contribution in [2.75, 3.05) is 11.9 Å². The lowest BCUT2D eigenvalue weighted by molar-refractivity contribution is 0.104. The third kappa shape index (κ3) is 10.1. The van der Waals surface area contributed by atoms with Crippen LogP contribution in [0.15, 0.2) is 121 Å². The van der Waals surface area contributed by atoms with Crippen molar-refractivity contribution in [2.45, 2.75) is 58.1 Å². The number of ketones is 1. The van der Waals surface area contributed by atoms with E-state index in [0.717, 1.165) is 83.7 Å². The fourth-order valence-electron chi connectivity index (χ4n) is 5.55. The van der Waals surface area contributed by atoms with Crippen molar-refractivity contribution < 1.29 is 14.3 Å². The first kappa shape index (κ1) is 33.7. The zero-order valence-corrected chi connectivity index (χ0v) is 28.2. The Morgan fingerprint density at radius 1 is 0.898 bits per heavy atom. The second kappa shape index (κ2) is 17.3. The number of halogens is 1. The molecule has 0 saturated heterocycles. The predicted octanol–water partition coefficient (Wildman–Crippen LogP) is 9.85. The Hall–Kier alpha value is -5.21. The predicted molar refractivity (Wildman–Crippen MR) is 196 cm³/mol. The minimum absolute atomic E-state index is 0.000921. The standard InChI is InChI=1S/C40H40ClN5O3/c41-32-14-21-37-38(23-24-42-39(37)27-32)43-33-15-19-36(20-16-33)49-29-34-28-46(45-44-34)25-7-3-1-2-4-8-26-48-35-17-12-31(13-18-35)40(47)22-11-30-9-5-6-10-30/h5,9-24,27-28H,1-4,6-8,25-26,29H2,(H,42,43)/b22-11+. The first-order valence-electron chi connectivity index (χ1n) is 16.8. The van der Waals surface area contributed by atoms with Crippen LogP contribution in [0.25, 0.3) is 10.9 Å². The van der Waals surface area contributed by atoms with Gasteiger partial charge in [0.05, 0.1) is 18.3 Å². The monoisotopic (exact) mass is 673 g/mol. The number of hydrogen-bond donors (Lipinski definition) is 1. The molecule has 0 saturated carbocycles. The Kier molecular flexibility index (Phi) is 11.9. The molecule has 0 unspecified atom stereocenters. The van der Waals surface area contributed by atoms with E-state index in [1.54, 1.807) is 12.3 Å². The van der Waals surface area contributed by atoms with E-state index in [0.29, 0.717) is 23.8 Å². The number of unbranched alkanes of at least 4 members (excludes halogenated alkanes) is 5. The molecule has 6 rings (SSSR count). The Morgan fingerprint density at radius 3 is 2.49 bits per heavy atom. The summed E-state index contributed by atoms with van der Waals surface area (Å²) in [6, 6.07) is 22.9. The number of ether oxygens (including phenoxy) is 2. The number of aromatic nitrogens is 4. The molecule has 250 valence electrons. The molecule has 8 nitrogen and oxygen atoms in total. The molecular formula is C40H40ClN5O3. The molecule has 0 bridgehead atoms. The molecule has 0 fully saturated rings. The number of rotatable bonds is 18. The van der Waals surface area contributed by atoms with Crippen molar-refractivity contribution in [1.29, 1.82) is 0 Å². The Labute approximate surface area is 292 Å². The van der Waals surface area contributed by atoms with Gasteiger partial charge in [0.2, 0.25) is 0 Å². The van der Waals surface area contributed by atoms with E-state index >= 15 is 0 Å². The second-order valence-electron chi connectivity index (χ2n) is 12.0. The Bertz CT molecular complexity index is 1930. The van der Waals surface area contributed by atoms with Crippen LogP contribution in [0.1, 0.15) is 61.0 Å². The Balaban J connectivity index is 0.814. The molecule has 0 atom stereocenters. The third-order valence-corrected chi connectivity index (χ3v) is 8.46. The average Bonchev–Trinajstić information content (AvgIpc) is 3.82. The van der Waals surface area contributed by atoms with Gasteiger partial charge >= 0.3 is 0 Å². The van der Waals surface area contributed by atoms with Crippen molar-refractivity contribution in [3.8, 4) is 11.5 Å². The highest BCUT2D eigenvalue weighted by atomic mass is 35.5. The lowest BCUT2D eigenvalue weighted by Gasteiger charge is -2.10. The fourth-order valence-corrected chi connectivity index (χ4v) is 5.71. The smallest absolute Gasteiger partial charge is 0.185 e. The number of aryl methyl sites for hydroxylation is 1. The highest BCUT2D eigenvalue weighted by molar-refractivity contribution is 6.31. The molecule has 0 aliphatic heterocycles. The molecule has 5 aromatic rings.